The van der Waals surface area contributed by atoms with Gasteiger partial charge in [-0.3, -0.25) is 4.79 Å². The van der Waals surface area contributed by atoms with Crippen LogP contribution >= 0.6 is 11.6 Å². The van der Waals surface area contributed by atoms with Crippen molar-refractivity contribution in [3.63, 3.8) is 0 Å². The second-order valence-corrected chi connectivity index (χ2v) is 3.89. The Hall–Kier alpha value is -0.960. The minimum absolute atomic E-state index is 0.173. The molecular formula is C10H12ClNO2. The molecule has 1 fully saturated rings. The molecule has 3 nitrogen and oxygen atoms in total. The molecule has 76 valence electrons. The van der Waals surface area contributed by atoms with Crippen LogP contribution in [0.1, 0.15) is 12.2 Å². The van der Waals surface area contributed by atoms with Crippen LogP contribution in [0.2, 0.25) is 0 Å². The molecule has 0 spiro atoms. The first-order valence-electron chi connectivity index (χ1n) is 4.65. The highest BCUT2D eigenvalue weighted by Crippen LogP contribution is 2.20. The Morgan fingerprint density at radius 1 is 1.64 bits per heavy atom. The zero-order valence-electron chi connectivity index (χ0n) is 7.78. The summed E-state index contributed by atoms with van der Waals surface area (Å²) in [7, 11) is 0. The van der Waals surface area contributed by atoms with E-state index in [-0.39, 0.29) is 5.91 Å². The lowest BCUT2D eigenvalue weighted by Crippen LogP contribution is -2.24. The number of amides is 1. The molecule has 0 N–H and O–H groups in total. The summed E-state index contributed by atoms with van der Waals surface area (Å²) in [6, 6.07) is 3.70. The van der Waals surface area contributed by atoms with Gasteiger partial charge in [0.15, 0.2) is 0 Å². The number of hydrogen-bond donors (Lipinski definition) is 0. The van der Waals surface area contributed by atoms with Crippen molar-refractivity contribution in [1.82, 2.24) is 4.90 Å². The molecule has 1 aromatic heterocycles. The zero-order valence-corrected chi connectivity index (χ0v) is 8.54. The van der Waals surface area contributed by atoms with Crippen molar-refractivity contribution in [3.05, 3.63) is 24.2 Å². The van der Waals surface area contributed by atoms with Crippen molar-refractivity contribution in [2.75, 3.05) is 12.4 Å². The Labute approximate surface area is 87.6 Å². The number of nitrogens with zero attached hydrogens (tertiary/aromatic N) is 1. The molecule has 2 rings (SSSR count). The fraction of sp³-hybridized carbons (Fsp3) is 0.500. The van der Waals surface area contributed by atoms with Crippen LogP contribution in [0.3, 0.4) is 0 Å². The standard InChI is InChI=1S/C10H12ClNO2/c11-5-8-4-10(13)12(6-8)7-9-2-1-3-14-9/h1-3,8H,4-7H2. The van der Waals surface area contributed by atoms with Gasteiger partial charge in [0.1, 0.15) is 5.76 Å². The molecule has 0 aromatic carbocycles. The molecule has 0 bridgehead atoms. The van der Waals surface area contributed by atoms with Crippen molar-refractivity contribution in [3.8, 4) is 0 Å². The molecule has 4 heteroatoms. The van der Waals surface area contributed by atoms with Gasteiger partial charge >= 0.3 is 0 Å². The lowest BCUT2D eigenvalue weighted by atomic mass is 10.1. The highest BCUT2D eigenvalue weighted by Gasteiger charge is 2.29. The number of alkyl halides is 1. The van der Waals surface area contributed by atoms with Gasteiger partial charge in [-0.2, -0.15) is 0 Å². The third-order valence-corrected chi connectivity index (χ3v) is 2.88. The largest absolute Gasteiger partial charge is 0.467 e. The molecular weight excluding hydrogens is 202 g/mol. The van der Waals surface area contributed by atoms with Crippen LogP contribution in [0.15, 0.2) is 22.8 Å². The quantitative estimate of drug-likeness (QED) is 0.719. The third-order valence-electron chi connectivity index (χ3n) is 2.44. The predicted octanol–water partition coefficient (Wildman–Crippen LogP) is 1.87. The summed E-state index contributed by atoms with van der Waals surface area (Å²) in [5, 5.41) is 0. The Bertz CT molecular complexity index is 310. The van der Waals surface area contributed by atoms with E-state index in [1.54, 1.807) is 11.2 Å². The maximum absolute atomic E-state index is 11.5. The smallest absolute Gasteiger partial charge is 0.223 e. The maximum Gasteiger partial charge on any atom is 0.223 e. The highest BCUT2D eigenvalue weighted by atomic mass is 35.5. The molecule has 1 aromatic rings. The van der Waals surface area contributed by atoms with Gasteiger partial charge in [0.2, 0.25) is 5.91 Å². The number of carbonyl (C=O) groups excluding carboxylic acids is 1. The van der Waals surface area contributed by atoms with Crippen molar-refractivity contribution >= 4 is 17.5 Å². The molecule has 2 heterocycles. The summed E-state index contributed by atoms with van der Waals surface area (Å²) in [5.41, 5.74) is 0. The number of hydrogen-bond acceptors (Lipinski definition) is 2. The molecule has 0 saturated carbocycles. The molecule has 1 unspecified atom stereocenters. The summed E-state index contributed by atoms with van der Waals surface area (Å²) in [4.78, 5) is 13.3. The predicted molar refractivity (Wildman–Crippen MR) is 53.0 cm³/mol. The Morgan fingerprint density at radius 3 is 3.07 bits per heavy atom. The van der Waals surface area contributed by atoms with Gasteiger partial charge in [-0.1, -0.05) is 0 Å². The number of halogens is 1. The summed E-state index contributed by atoms with van der Waals surface area (Å²) < 4.78 is 5.19. The van der Waals surface area contributed by atoms with Gasteiger partial charge < -0.3 is 9.32 Å². The van der Waals surface area contributed by atoms with Crippen LogP contribution in [0.4, 0.5) is 0 Å². The van der Waals surface area contributed by atoms with E-state index < -0.39 is 0 Å². The van der Waals surface area contributed by atoms with E-state index in [1.165, 1.54) is 0 Å². The van der Waals surface area contributed by atoms with Gasteiger partial charge in [0, 0.05) is 18.8 Å². The zero-order chi connectivity index (χ0) is 9.97. The average molecular weight is 214 g/mol. The Kier molecular flexibility index (Phi) is 2.77. The van der Waals surface area contributed by atoms with Gasteiger partial charge in [0.25, 0.3) is 0 Å². The fourth-order valence-electron chi connectivity index (χ4n) is 1.70. The number of rotatable bonds is 3. The number of furan rings is 1. The van der Waals surface area contributed by atoms with Gasteiger partial charge in [-0.25, -0.2) is 0 Å². The fourth-order valence-corrected chi connectivity index (χ4v) is 1.91. The van der Waals surface area contributed by atoms with Gasteiger partial charge in [-0.05, 0) is 18.1 Å². The minimum Gasteiger partial charge on any atom is -0.467 e. The first-order chi connectivity index (χ1) is 6.79. The summed E-state index contributed by atoms with van der Waals surface area (Å²) in [6.45, 7) is 1.32. The number of likely N-dealkylation sites (tertiary alicyclic amines) is 1. The Morgan fingerprint density at radius 2 is 2.50 bits per heavy atom. The molecule has 1 atom stereocenters. The summed E-state index contributed by atoms with van der Waals surface area (Å²) in [5.74, 6) is 1.86. The molecule has 14 heavy (non-hydrogen) atoms. The van der Waals surface area contributed by atoms with E-state index in [0.29, 0.717) is 24.8 Å². The summed E-state index contributed by atoms with van der Waals surface area (Å²) >= 11 is 5.72. The first kappa shape index (κ1) is 9.59. The van der Waals surface area contributed by atoms with E-state index in [2.05, 4.69) is 0 Å². The topological polar surface area (TPSA) is 33.5 Å². The minimum atomic E-state index is 0.173. The molecule has 1 aliphatic rings. The van der Waals surface area contributed by atoms with E-state index in [1.807, 2.05) is 12.1 Å². The van der Waals surface area contributed by atoms with Crippen molar-refractivity contribution in [2.24, 2.45) is 5.92 Å². The summed E-state index contributed by atoms with van der Waals surface area (Å²) in [6.07, 6.45) is 2.19. The van der Waals surface area contributed by atoms with Crippen LogP contribution in [0.25, 0.3) is 0 Å². The van der Waals surface area contributed by atoms with Gasteiger partial charge in [0.05, 0.1) is 12.8 Å². The average Bonchev–Trinajstić information content (AvgIpc) is 2.78. The molecule has 1 aliphatic heterocycles. The normalized spacial score (nSPS) is 21.9. The van der Waals surface area contributed by atoms with Gasteiger partial charge in [-0.15, -0.1) is 11.6 Å². The van der Waals surface area contributed by atoms with Crippen LogP contribution in [0, 0.1) is 5.92 Å². The van der Waals surface area contributed by atoms with E-state index in [4.69, 9.17) is 16.0 Å². The lowest BCUT2D eigenvalue weighted by Gasteiger charge is -2.13. The Balaban J connectivity index is 1.96. The van der Waals surface area contributed by atoms with Crippen molar-refractivity contribution < 1.29 is 9.21 Å². The van der Waals surface area contributed by atoms with Crippen molar-refractivity contribution in [1.29, 1.82) is 0 Å². The monoisotopic (exact) mass is 213 g/mol. The number of carbonyl (C=O) groups is 1. The van der Waals surface area contributed by atoms with E-state index in [9.17, 15) is 4.79 Å². The van der Waals surface area contributed by atoms with Crippen LogP contribution in [0.5, 0.6) is 0 Å². The van der Waals surface area contributed by atoms with Crippen LogP contribution in [-0.2, 0) is 11.3 Å². The molecule has 0 radical (unpaired) electrons. The lowest BCUT2D eigenvalue weighted by molar-refractivity contribution is -0.128. The maximum atomic E-state index is 11.5. The van der Waals surface area contributed by atoms with E-state index in [0.717, 1.165) is 12.3 Å². The first-order valence-corrected chi connectivity index (χ1v) is 5.19. The highest BCUT2D eigenvalue weighted by molar-refractivity contribution is 6.18. The molecule has 0 aliphatic carbocycles. The van der Waals surface area contributed by atoms with Crippen LogP contribution < -0.4 is 0 Å². The second kappa shape index (κ2) is 4.05. The molecule has 1 amide bonds. The van der Waals surface area contributed by atoms with Crippen molar-refractivity contribution in [2.45, 2.75) is 13.0 Å². The van der Waals surface area contributed by atoms with E-state index >= 15 is 0 Å². The van der Waals surface area contributed by atoms with Crippen LogP contribution in [-0.4, -0.2) is 23.2 Å². The SMILES string of the molecule is O=C1CC(CCl)CN1Cc1ccco1. The molecule has 1 saturated heterocycles. The third kappa shape index (κ3) is 1.93. The second-order valence-electron chi connectivity index (χ2n) is 3.58.